The van der Waals surface area contributed by atoms with E-state index in [1.165, 1.54) is 0 Å². The Balaban J connectivity index is 1.59. The molecule has 1 heterocycles. The molecule has 5 nitrogen and oxygen atoms in total. The van der Waals surface area contributed by atoms with Crippen LogP contribution in [-0.2, 0) is 4.79 Å². The Morgan fingerprint density at radius 3 is 2.66 bits per heavy atom. The lowest BCUT2D eigenvalue weighted by molar-refractivity contribution is -0.118. The lowest BCUT2D eigenvalue weighted by atomic mass is 10.0. The second-order valence-electron chi connectivity index (χ2n) is 6.82. The van der Waals surface area contributed by atoms with E-state index in [9.17, 15) is 9.59 Å². The summed E-state index contributed by atoms with van der Waals surface area (Å²) in [6.07, 6.45) is 0. The number of anilines is 1. The van der Waals surface area contributed by atoms with E-state index in [-0.39, 0.29) is 17.9 Å². The van der Waals surface area contributed by atoms with Crippen molar-refractivity contribution >= 4 is 49.5 Å². The van der Waals surface area contributed by atoms with Crippen LogP contribution in [0.15, 0.2) is 68.3 Å². The lowest BCUT2D eigenvalue weighted by Crippen LogP contribution is -2.20. The molecule has 0 fully saturated rings. The molecule has 3 aromatic carbocycles. The van der Waals surface area contributed by atoms with Crippen LogP contribution >= 0.6 is 15.9 Å². The topological polar surface area (TPSA) is 68.5 Å². The molecule has 0 spiro atoms. The van der Waals surface area contributed by atoms with Gasteiger partial charge in [0.25, 0.3) is 5.91 Å². The van der Waals surface area contributed by atoms with Crippen molar-refractivity contribution < 1.29 is 13.9 Å². The monoisotopic (exact) mass is 451 g/mol. The van der Waals surface area contributed by atoms with Gasteiger partial charge >= 0.3 is 0 Å². The molecule has 1 N–H and O–H groups in total. The van der Waals surface area contributed by atoms with Gasteiger partial charge in [-0.1, -0.05) is 28.1 Å². The predicted octanol–water partition coefficient (Wildman–Crippen LogP) is 5.34. The lowest BCUT2D eigenvalue weighted by Gasteiger charge is -2.10. The molecule has 1 aromatic heterocycles. The summed E-state index contributed by atoms with van der Waals surface area (Å²) in [6.45, 7) is 3.77. The maximum absolute atomic E-state index is 12.8. The molecule has 0 bridgehead atoms. The summed E-state index contributed by atoms with van der Waals surface area (Å²) < 4.78 is 12.4. The van der Waals surface area contributed by atoms with Gasteiger partial charge in [-0.15, -0.1) is 0 Å². The number of benzene rings is 3. The van der Waals surface area contributed by atoms with Crippen LogP contribution in [0.4, 0.5) is 5.69 Å². The van der Waals surface area contributed by atoms with Gasteiger partial charge in [0.2, 0.25) is 5.43 Å². The van der Waals surface area contributed by atoms with Crippen LogP contribution in [0.3, 0.4) is 0 Å². The molecule has 0 atom stereocenters. The summed E-state index contributed by atoms with van der Waals surface area (Å²) in [5.41, 5.74) is 3.44. The average molecular weight is 452 g/mol. The zero-order chi connectivity index (χ0) is 20.5. The summed E-state index contributed by atoms with van der Waals surface area (Å²) in [5, 5.41) is 3.81. The van der Waals surface area contributed by atoms with Gasteiger partial charge in [-0.2, -0.15) is 0 Å². The van der Waals surface area contributed by atoms with E-state index < -0.39 is 0 Å². The average Bonchev–Trinajstić information content (AvgIpc) is 2.70. The number of hydrogen-bond donors (Lipinski definition) is 1. The van der Waals surface area contributed by atoms with Gasteiger partial charge in [0.1, 0.15) is 16.9 Å². The third-order valence-corrected chi connectivity index (χ3v) is 5.30. The van der Waals surface area contributed by atoms with Crippen molar-refractivity contribution in [1.82, 2.24) is 0 Å². The first-order chi connectivity index (χ1) is 13.9. The molecule has 0 unspecified atom stereocenters. The molecule has 29 heavy (non-hydrogen) atoms. The smallest absolute Gasteiger partial charge is 0.262 e. The molecular weight excluding hydrogens is 434 g/mol. The van der Waals surface area contributed by atoms with Crippen molar-refractivity contribution in [2.75, 3.05) is 11.9 Å². The fourth-order valence-electron chi connectivity index (χ4n) is 3.13. The molecule has 0 aliphatic carbocycles. The Kier molecular flexibility index (Phi) is 5.11. The molecule has 0 saturated carbocycles. The van der Waals surface area contributed by atoms with E-state index in [2.05, 4.69) is 21.2 Å². The third kappa shape index (κ3) is 3.89. The molecule has 0 saturated heterocycles. The number of carbonyl (C=O) groups excluding carboxylic acids is 1. The van der Waals surface area contributed by atoms with E-state index in [4.69, 9.17) is 9.15 Å². The Bertz CT molecular complexity index is 1310. The number of hydrogen-bond acceptors (Lipinski definition) is 4. The number of ether oxygens (including phenoxy) is 1. The summed E-state index contributed by atoms with van der Waals surface area (Å²) in [4.78, 5) is 25.0. The molecule has 0 aliphatic heterocycles. The van der Waals surface area contributed by atoms with Crippen LogP contribution in [0.1, 0.15) is 11.1 Å². The third-order valence-electron chi connectivity index (χ3n) is 4.81. The van der Waals surface area contributed by atoms with E-state index in [1.54, 1.807) is 36.4 Å². The van der Waals surface area contributed by atoms with Crippen molar-refractivity contribution in [3.63, 3.8) is 0 Å². The van der Waals surface area contributed by atoms with Crippen molar-refractivity contribution in [1.29, 1.82) is 0 Å². The zero-order valence-electron chi connectivity index (χ0n) is 15.9. The zero-order valence-corrected chi connectivity index (χ0v) is 17.5. The SMILES string of the molecule is Cc1ccc2c(=O)c3ccc(NC(=O)COc4cccc(Br)c4)cc3oc2c1C. The van der Waals surface area contributed by atoms with Crippen LogP contribution < -0.4 is 15.5 Å². The fraction of sp³-hybridized carbons (Fsp3) is 0.130. The first-order valence-corrected chi connectivity index (χ1v) is 9.86. The fourth-order valence-corrected chi connectivity index (χ4v) is 3.51. The molecule has 0 radical (unpaired) electrons. The Hall–Kier alpha value is -3.12. The quantitative estimate of drug-likeness (QED) is 0.425. The minimum atomic E-state index is -0.306. The number of carbonyl (C=O) groups is 1. The minimum absolute atomic E-state index is 0.0831. The number of aryl methyl sites for hydroxylation is 2. The van der Waals surface area contributed by atoms with Gasteiger partial charge in [0, 0.05) is 16.2 Å². The van der Waals surface area contributed by atoms with Crippen molar-refractivity contribution in [3.05, 3.63) is 80.4 Å². The van der Waals surface area contributed by atoms with E-state index in [0.717, 1.165) is 15.6 Å². The molecule has 4 aromatic rings. The predicted molar refractivity (Wildman–Crippen MR) is 118 cm³/mol. The second-order valence-corrected chi connectivity index (χ2v) is 7.74. The highest BCUT2D eigenvalue weighted by Crippen LogP contribution is 2.25. The standard InChI is InChI=1S/C23H18BrNO4/c1-13-6-8-19-22(27)18-9-7-16(11-20(18)29-23(19)14(13)2)25-21(26)12-28-17-5-3-4-15(24)10-17/h3-11H,12H2,1-2H3,(H,25,26). The van der Waals surface area contributed by atoms with Gasteiger partial charge < -0.3 is 14.5 Å². The minimum Gasteiger partial charge on any atom is -0.484 e. The first-order valence-electron chi connectivity index (χ1n) is 9.07. The molecule has 146 valence electrons. The summed E-state index contributed by atoms with van der Waals surface area (Å²) in [6, 6.07) is 16.0. The van der Waals surface area contributed by atoms with Crippen molar-refractivity contribution in [3.8, 4) is 5.75 Å². The highest BCUT2D eigenvalue weighted by Gasteiger charge is 2.12. The van der Waals surface area contributed by atoms with Crippen LogP contribution in [0, 0.1) is 13.8 Å². The molecular formula is C23H18BrNO4. The van der Waals surface area contributed by atoms with Crippen LogP contribution in [0.5, 0.6) is 5.75 Å². The summed E-state index contributed by atoms with van der Waals surface area (Å²) in [7, 11) is 0. The Morgan fingerprint density at radius 1 is 1.07 bits per heavy atom. The summed E-state index contributed by atoms with van der Waals surface area (Å²) in [5.74, 6) is 0.288. The van der Waals surface area contributed by atoms with Gasteiger partial charge in [-0.3, -0.25) is 9.59 Å². The maximum Gasteiger partial charge on any atom is 0.262 e. The van der Waals surface area contributed by atoms with Crippen LogP contribution in [0.25, 0.3) is 21.9 Å². The first kappa shape index (κ1) is 19.2. The highest BCUT2D eigenvalue weighted by atomic mass is 79.9. The number of halogens is 1. The molecule has 4 rings (SSSR count). The van der Waals surface area contributed by atoms with Crippen LogP contribution in [0.2, 0.25) is 0 Å². The van der Waals surface area contributed by atoms with Gasteiger partial charge in [-0.05, 0) is 61.4 Å². The molecule has 1 amide bonds. The van der Waals surface area contributed by atoms with Gasteiger partial charge in [0.15, 0.2) is 6.61 Å². The van der Waals surface area contributed by atoms with Crippen molar-refractivity contribution in [2.24, 2.45) is 0 Å². The van der Waals surface area contributed by atoms with Gasteiger partial charge in [0.05, 0.1) is 10.8 Å². The molecule has 6 heteroatoms. The van der Waals surface area contributed by atoms with Gasteiger partial charge in [-0.25, -0.2) is 0 Å². The second kappa shape index (κ2) is 7.72. The van der Waals surface area contributed by atoms with E-state index in [1.807, 2.05) is 32.0 Å². The summed E-state index contributed by atoms with van der Waals surface area (Å²) >= 11 is 3.36. The molecule has 0 aliphatic rings. The highest BCUT2D eigenvalue weighted by molar-refractivity contribution is 9.10. The number of rotatable bonds is 4. The Morgan fingerprint density at radius 2 is 1.86 bits per heavy atom. The van der Waals surface area contributed by atoms with Crippen LogP contribution in [-0.4, -0.2) is 12.5 Å². The number of nitrogens with one attached hydrogen (secondary N) is 1. The number of amides is 1. The maximum atomic E-state index is 12.8. The number of fused-ring (bicyclic) bond motifs is 2. The normalized spacial score (nSPS) is 11.0. The largest absolute Gasteiger partial charge is 0.484 e. The Labute approximate surface area is 175 Å². The van der Waals surface area contributed by atoms with E-state index >= 15 is 0 Å². The van der Waals surface area contributed by atoms with E-state index in [0.29, 0.717) is 33.4 Å². The van der Waals surface area contributed by atoms with Crippen molar-refractivity contribution in [2.45, 2.75) is 13.8 Å².